The molecule has 0 fully saturated rings. The molecule has 3 N–H and O–H groups in total. The average molecular weight is 203 g/mol. The number of nitrogens with two attached hydrogens (primary N) is 1. The molecular formula is C13H17NO. The highest BCUT2D eigenvalue weighted by Crippen LogP contribution is 2.35. The quantitative estimate of drug-likeness (QED) is 0.503. The molecule has 1 unspecified atom stereocenters. The lowest BCUT2D eigenvalue weighted by atomic mass is 10.1. The van der Waals surface area contributed by atoms with Crippen LogP contribution < -0.4 is 5.73 Å². The minimum Gasteiger partial charge on any atom is -0.399 e. The number of benzene rings is 1. The molecule has 0 bridgehead atoms. The molecule has 0 saturated carbocycles. The molecule has 0 amide bonds. The van der Waals surface area contributed by atoms with Crippen molar-refractivity contribution in [2.24, 2.45) is 0 Å². The van der Waals surface area contributed by atoms with Crippen LogP contribution in [0.4, 0.5) is 5.69 Å². The lowest BCUT2D eigenvalue weighted by Gasteiger charge is -2.03. The zero-order valence-electron chi connectivity index (χ0n) is 9.25. The van der Waals surface area contributed by atoms with Gasteiger partial charge in [-0.2, -0.15) is 0 Å². The standard InChI is InChI=1S/C11H11NO.C2H6/c1-2-7-5-8-6-9(12)3-4-10(8)11(7)13;1-2/h3-4,6,11,13H,1,5,12H2;1-2H3. The first-order valence-electron chi connectivity index (χ1n) is 5.17. The maximum atomic E-state index is 9.75. The van der Waals surface area contributed by atoms with Gasteiger partial charge in [0.15, 0.2) is 0 Å². The molecule has 1 atom stereocenters. The second-order valence-electron chi connectivity index (χ2n) is 3.24. The van der Waals surface area contributed by atoms with Gasteiger partial charge in [-0.3, -0.25) is 0 Å². The molecule has 80 valence electrons. The van der Waals surface area contributed by atoms with E-state index in [0.717, 1.165) is 22.4 Å². The van der Waals surface area contributed by atoms with Gasteiger partial charge in [-0.25, -0.2) is 0 Å². The lowest BCUT2D eigenvalue weighted by Crippen LogP contribution is -1.93. The summed E-state index contributed by atoms with van der Waals surface area (Å²) in [7, 11) is 0. The molecular weight excluding hydrogens is 186 g/mol. The van der Waals surface area contributed by atoms with E-state index in [1.807, 2.05) is 26.0 Å². The maximum absolute atomic E-state index is 9.75. The largest absolute Gasteiger partial charge is 0.399 e. The fraction of sp³-hybridized carbons (Fsp3) is 0.308. The normalized spacial score (nSPS) is 17.5. The predicted molar refractivity (Wildman–Crippen MR) is 63.5 cm³/mol. The van der Waals surface area contributed by atoms with E-state index >= 15 is 0 Å². The fourth-order valence-electron chi connectivity index (χ4n) is 1.69. The van der Waals surface area contributed by atoms with Crippen LogP contribution in [0.3, 0.4) is 0 Å². The molecule has 0 aliphatic heterocycles. The predicted octanol–water partition coefficient (Wildman–Crippen LogP) is 2.60. The molecule has 1 aliphatic carbocycles. The highest BCUT2D eigenvalue weighted by atomic mass is 16.3. The molecule has 2 heteroatoms. The summed E-state index contributed by atoms with van der Waals surface area (Å²) in [5.41, 5.74) is 12.0. The van der Waals surface area contributed by atoms with Crippen molar-refractivity contribution in [2.75, 3.05) is 5.73 Å². The summed E-state index contributed by atoms with van der Waals surface area (Å²) in [6.07, 6.45) is 0.179. The number of anilines is 1. The number of nitrogen functional groups attached to an aromatic ring is 1. The van der Waals surface area contributed by atoms with Crippen LogP contribution in [0.15, 0.2) is 36.1 Å². The van der Waals surface area contributed by atoms with Crippen molar-refractivity contribution in [3.63, 3.8) is 0 Å². The molecule has 1 aromatic rings. The van der Waals surface area contributed by atoms with Crippen LogP contribution in [-0.2, 0) is 6.42 Å². The highest BCUT2D eigenvalue weighted by Gasteiger charge is 2.24. The van der Waals surface area contributed by atoms with E-state index in [0.29, 0.717) is 6.42 Å². The van der Waals surface area contributed by atoms with Crippen LogP contribution in [0.25, 0.3) is 0 Å². The molecule has 1 aromatic carbocycles. The second kappa shape index (κ2) is 4.83. The maximum Gasteiger partial charge on any atom is 0.108 e. The Morgan fingerprint density at radius 3 is 2.73 bits per heavy atom. The number of aliphatic hydroxyl groups excluding tert-OH is 1. The zero-order chi connectivity index (χ0) is 11.4. The van der Waals surface area contributed by atoms with Crippen molar-refractivity contribution < 1.29 is 5.11 Å². The average Bonchev–Trinajstić information content (AvgIpc) is 2.58. The summed E-state index contributed by atoms with van der Waals surface area (Å²) >= 11 is 0. The number of aliphatic hydroxyl groups is 1. The molecule has 0 saturated heterocycles. The smallest absolute Gasteiger partial charge is 0.108 e. The Bertz CT molecular complexity index is 403. The minimum absolute atomic E-state index is 0.534. The van der Waals surface area contributed by atoms with E-state index < -0.39 is 6.10 Å². The monoisotopic (exact) mass is 203 g/mol. The first kappa shape index (κ1) is 11.6. The van der Waals surface area contributed by atoms with Gasteiger partial charge in [0.2, 0.25) is 0 Å². The van der Waals surface area contributed by atoms with E-state index in [2.05, 4.69) is 12.3 Å². The van der Waals surface area contributed by atoms with Crippen LogP contribution in [0.5, 0.6) is 0 Å². The van der Waals surface area contributed by atoms with Crippen LogP contribution in [0.2, 0.25) is 0 Å². The Labute approximate surface area is 90.7 Å². The SMILES string of the molecule is C=C=C1Cc2cc(N)ccc2C1O.CC. The number of hydrogen-bond donors (Lipinski definition) is 2. The van der Waals surface area contributed by atoms with Crippen molar-refractivity contribution >= 4 is 5.69 Å². The summed E-state index contributed by atoms with van der Waals surface area (Å²) < 4.78 is 0. The third-order valence-electron chi connectivity index (χ3n) is 2.40. The molecule has 0 aromatic heterocycles. The van der Waals surface area contributed by atoms with Gasteiger partial charge in [0.05, 0.1) is 0 Å². The molecule has 0 radical (unpaired) electrons. The Kier molecular flexibility index (Phi) is 3.73. The van der Waals surface area contributed by atoms with E-state index in [4.69, 9.17) is 5.73 Å². The second-order valence-corrected chi connectivity index (χ2v) is 3.24. The molecule has 0 heterocycles. The third-order valence-corrected chi connectivity index (χ3v) is 2.40. The topological polar surface area (TPSA) is 46.2 Å². The summed E-state index contributed by atoms with van der Waals surface area (Å²) in [6, 6.07) is 5.55. The Hall–Kier alpha value is -1.50. The van der Waals surface area contributed by atoms with E-state index in [1.54, 1.807) is 6.07 Å². The molecule has 0 spiro atoms. The summed E-state index contributed by atoms with van der Waals surface area (Å²) in [4.78, 5) is 0. The molecule has 1 aliphatic rings. The van der Waals surface area contributed by atoms with Gasteiger partial charge in [-0.05, 0) is 23.3 Å². The molecule has 15 heavy (non-hydrogen) atoms. The van der Waals surface area contributed by atoms with Crippen molar-refractivity contribution in [3.8, 4) is 0 Å². The van der Waals surface area contributed by atoms with Gasteiger partial charge in [0, 0.05) is 17.7 Å². The summed E-state index contributed by atoms with van der Waals surface area (Å²) in [5, 5.41) is 9.75. The number of hydrogen-bond acceptors (Lipinski definition) is 2. The van der Waals surface area contributed by atoms with E-state index in [-0.39, 0.29) is 0 Å². The van der Waals surface area contributed by atoms with Gasteiger partial charge in [-0.1, -0.05) is 26.5 Å². The first-order chi connectivity index (χ1) is 7.22. The Balaban J connectivity index is 0.000000531. The van der Waals surface area contributed by atoms with Crippen molar-refractivity contribution in [1.82, 2.24) is 0 Å². The van der Waals surface area contributed by atoms with Crippen LogP contribution in [0.1, 0.15) is 31.1 Å². The minimum atomic E-state index is -0.534. The highest BCUT2D eigenvalue weighted by molar-refractivity contribution is 5.51. The number of fused-ring (bicyclic) bond motifs is 1. The number of rotatable bonds is 0. The van der Waals surface area contributed by atoms with Gasteiger partial charge in [-0.15, -0.1) is 5.73 Å². The van der Waals surface area contributed by atoms with E-state index in [9.17, 15) is 5.11 Å². The van der Waals surface area contributed by atoms with E-state index in [1.165, 1.54) is 0 Å². The van der Waals surface area contributed by atoms with Gasteiger partial charge in [0.25, 0.3) is 0 Å². The van der Waals surface area contributed by atoms with Gasteiger partial charge in [0.1, 0.15) is 6.10 Å². The van der Waals surface area contributed by atoms with Gasteiger partial charge < -0.3 is 10.8 Å². The molecule has 2 rings (SSSR count). The Morgan fingerprint density at radius 2 is 2.13 bits per heavy atom. The molecule has 2 nitrogen and oxygen atoms in total. The third kappa shape index (κ3) is 2.12. The van der Waals surface area contributed by atoms with Crippen LogP contribution in [-0.4, -0.2) is 5.11 Å². The van der Waals surface area contributed by atoms with Crippen LogP contribution >= 0.6 is 0 Å². The fourth-order valence-corrected chi connectivity index (χ4v) is 1.69. The lowest BCUT2D eigenvalue weighted by molar-refractivity contribution is 0.221. The van der Waals surface area contributed by atoms with Crippen molar-refractivity contribution in [2.45, 2.75) is 26.4 Å². The first-order valence-corrected chi connectivity index (χ1v) is 5.17. The van der Waals surface area contributed by atoms with Crippen LogP contribution in [0, 0.1) is 0 Å². The van der Waals surface area contributed by atoms with Crippen molar-refractivity contribution in [3.05, 3.63) is 47.2 Å². The van der Waals surface area contributed by atoms with Crippen molar-refractivity contribution in [1.29, 1.82) is 0 Å². The summed E-state index contributed by atoms with van der Waals surface area (Å²) in [5.74, 6) is 0. The zero-order valence-corrected chi connectivity index (χ0v) is 9.25. The van der Waals surface area contributed by atoms with Gasteiger partial charge >= 0.3 is 0 Å². The summed E-state index contributed by atoms with van der Waals surface area (Å²) in [6.45, 7) is 7.55. The Morgan fingerprint density at radius 1 is 1.47 bits per heavy atom.